The number of nitrogens with zero attached hydrogens (tertiary/aromatic N) is 2. The van der Waals surface area contributed by atoms with Gasteiger partial charge in [-0.3, -0.25) is 0 Å². The fraction of sp³-hybridized carbons (Fsp3) is 0.471. The van der Waals surface area contributed by atoms with Gasteiger partial charge in [-0.1, -0.05) is 19.1 Å². The fourth-order valence-corrected chi connectivity index (χ4v) is 2.27. The molecule has 108 valence electrons. The summed E-state index contributed by atoms with van der Waals surface area (Å²) in [4.78, 5) is 0. The van der Waals surface area contributed by atoms with Gasteiger partial charge in [0.2, 0.25) is 0 Å². The zero-order valence-corrected chi connectivity index (χ0v) is 13.2. The van der Waals surface area contributed by atoms with E-state index in [4.69, 9.17) is 0 Å². The summed E-state index contributed by atoms with van der Waals surface area (Å²) >= 11 is 0. The number of aromatic nitrogens is 2. The standard InChI is InChI=1S/C17H25N3/c1-6-16-14(11-18-17(3,4)5)12-19-20(16)15-9-7-8-13(2)10-15/h7-10,12,18H,6,11H2,1-5H3. The maximum atomic E-state index is 4.58. The maximum Gasteiger partial charge on any atom is 0.0651 e. The van der Waals surface area contributed by atoms with E-state index < -0.39 is 0 Å². The quantitative estimate of drug-likeness (QED) is 0.920. The molecule has 0 bridgehead atoms. The normalized spacial score (nSPS) is 11.8. The van der Waals surface area contributed by atoms with Gasteiger partial charge < -0.3 is 5.32 Å². The first-order valence-electron chi connectivity index (χ1n) is 7.28. The highest BCUT2D eigenvalue weighted by Crippen LogP contribution is 2.17. The zero-order chi connectivity index (χ0) is 14.8. The minimum absolute atomic E-state index is 0.121. The Hall–Kier alpha value is -1.61. The minimum atomic E-state index is 0.121. The number of aryl methyl sites for hydroxylation is 1. The van der Waals surface area contributed by atoms with E-state index in [1.807, 2.05) is 6.20 Å². The summed E-state index contributed by atoms with van der Waals surface area (Å²) in [6.07, 6.45) is 2.97. The Morgan fingerprint density at radius 1 is 1.25 bits per heavy atom. The maximum absolute atomic E-state index is 4.58. The molecule has 0 aliphatic carbocycles. The molecule has 0 radical (unpaired) electrons. The Morgan fingerprint density at radius 3 is 2.60 bits per heavy atom. The van der Waals surface area contributed by atoms with Crippen molar-refractivity contribution in [1.29, 1.82) is 0 Å². The van der Waals surface area contributed by atoms with E-state index in [1.165, 1.54) is 16.8 Å². The first-order valence-corrected chi connectivity index (χ1v) is 7.28. The molecular weight excluding hydrogens is 246 g/mol. The van der Waals surface area contributed by atoms with Crippen LogP contribution in [0, 0.1) is 6.92 Å². The largest absolute Gasteiger partial charge is 0.308 e. The summed E-state index contributed by atoms with van der Waals surface area (Å²) in [5, 5.41) is 8.11. The van der Waals surface area contributed by atoms with Crippen molar-refractivity contribution < 1.29 is 0 Å². The molecule has 2 rings (SSSR count). The van der Waals surface area contributed by atoms with Crippen molar-refractivity contribution in [3.8, 4) is 5.69 Å². The third-order valence-corrected chi connectivity index (χ3v) is 3.35. The Morgan fingerprint density at radius 2 is 2.00 bits per heavy atom. The highest BCUT2D eigenvalue weighted by Gasteiger charge is 2.14. The van der Waals surface area contributed by atoms with Crippen LogP contribution in [0.2, 0.25) is 0 Å². The molecule has 1 aromatic heterocycles. The van der Waals surface area contributed by atoms with Crippen molar-refractivity contribution in [2.24, 2.45) is 0 Å². The lowest BCUT2D eigenvalue weighted by atomic mass is 10.1. The summed E-state index contributed by atoms with van der Waals surface area (Å²) in [6, 6.07) is 8.48. The summed E-state index contributed by atoms with van der Waals surface area (Å²) in [5.74, 6) is 0. The van der Waals surface area contributed by atoms with Gasteiger partial charge >= 0.3 is 0 Å². The minimum Gasteiger partial charge on any atom is -0.308 e. The Bertz CT molecular complexity index is 576. The third-order valence-electron chi connectivity index (χ3n) is 3.35. The fourth-order valence-electron chi connectivity index (χ4n) is 2.27. The van der Waals surface area contributed by atoms with Gasteiger partial charge in [0.25, 0.3) is 0 Å². The van der Waals surface area contributed by atoms with Crippen LogP contribution in [0.1, 0.15) is 44.5 Å². The monoisotopic (exact) mass is 271 g/mol. The topological polar surface area (TPSA) is 29.9 Å². The number of hydrogen-bond donors (Lipinski definition) is 1. The van der Waals surface area contributed by atoms with Crippen LogP contribution in [0.5, 0.6) is 0 Å². The highest BCUT2D eigenvalue weighted by molar-refractivity contribution is 5.38. The molecule has 0 aliphatic rings. The van der Waals surface area contributed by atoms with Crippen molar-refractivity contribution in [2.45, 2.75) is 53.1 Å². The highest BCUT2D eigenvalue weighted by atomic mass is 15.3. The van der Waals surface area contributed by atoms with Gasteiger partial charge in [0.1, 0.15) is 0 Å². The third kappa shape index (κ3) is 3.48. The van der Waals surface area contributed by atoms with Crippen molar-refractivity contribution in [1.82, 2.24) is 15.1 Å². The van der Waals surface area contributed by atoms with Crippen LogP contribution in [-0.2, 0) is 13.0 Å². The first-order chi connectivity index (χ1) is 9.40. The van der Waals surface area contributed by atoms with Gasteiger partial charge in [0.15, 0.2) is 0 Å². The average molecular weight is 271 g/mol. The Labute approximate surface area is 122 Å². The van der Waals surface area contributed by atoms with E-state index in [2.05, 4.69) is 74.0 Å². The predicted octanol–water partition coefficient (Wildman–Crippen LogP) is 3.63. The molecule has 3 heteroatoms. The smallest absolute Gasteiger partial charge is 0.0651 e. The average Bonchev–Trinajstić information content (AvgIpc) is 2.78. The van der Waals surface area contributed by atoms with Gasteiger partial charge in [-0.15, -0.1) is 0 Å². The molecule has 0 saturated carbocycles. The van der Waals surface area contributed by atoms with E-state index >= 15 is 0 Å². The lowest BCUT2D eigenvalue weighted by molar-refractivity contribution is 0.423. The second-order valence-corrected chi connectivity index (χ2v) is 6.32. The summed E-state index contributed by atoms with van der Waals surface area (Å²) < 4.78 is 2.06. The molecule has 0 amide bonds. The predicted molar refractivity (Wildman–Crippen MR) is 84.3 cm³/mol. The molecule has 1 N–H and O–H groups in total. The summed E-state index contributed by atoms with van der Waals surface area (Å²) in [5.41, 5.74) is 5.09. The molecule has 0 spiro atoms. The number of rotatable bonds is 4. The molecule has 1 aromatic carbocycles. The first kappa shape index (κ1) is 14.8. The van der Waals surface area contributed by atoms with Gasteiger partial charge in [-0.25, -0.2) is 4.68 Å². The van der Waals surface area contributed by atoms with Crippen molar-refractivity contribution in [3.63, 3.8) is 0 Å². The van der Waals surface area contributed by atoms with Gasteiger partial charge in [-0.2, -0.15) is 5.10 Å². The van der Waals surface area contributed by atoms with E-state index in [0.29, 0.717) is 0 Å². The Balaban J connectivity index is 2.30. The number of nitrogens with one attached hydrogen (secondary N) is 1. The van der Waals surface area contributed by atoms with Crippen molar-refractivity contribution >= 4 is 0 Å². The summed E-state index contributed by atoms with van der Waals surface area (Å²) in [6.45, 7) is 11.7. The molecule has 0 fully saturated rings. The molecular formula is C17H25N3. The lowest BCUT2D eigenvalue weighted by Gasteiger charge is -2.20. The molecule has 0 atom stereocenters. The van der Waals surface area contributed by atoms with Gasteiger partial charge in [0.05, 0.1) is 11.9 Å². The molecule has 0 saturated heterocycles. The van der Waals surface area contributed by atoms with Crippen LogP contribution in [-0.4, -0.2) is 15.3 Å². The van der Waals surface area contributed by atoms with Crippen LogP contribution in [0.25, 0.3) is 5.69 Å². The van der Waals surface area contributed by atoms with E-state index in [1.54, 1.807) is 0 Å². The van der Waals surface area contributed by atoms with Crippen molar-refractivity contribution in [3.05, 3.63) is 47.3 Å². The SMILES string of the molecule is CCc1c(CNC(C)(C)C)cnn1-c1cccc(C)c1. The van der Waals surface area contributed by atoms with Crippen LogP contribution >= 0.6 is 0 Å². The molecule has 0 aliphatic heterocycles. The molecule has 2 aromatic rings. The number of benzene rings is 1. The molecule has 0 unspecified atom stereocenters. The number of hydrogen-bond acceptors (Lipinski definition) is 2. The van der Waals surface area contributed by atoms with E-state index in [0.717, 1.165) is 18.7 Å². The lowest BCUT2D eigenvalue weighted by Crippen LogP contribution is -2.35. The van der Waals surface area contributed by atoms with E-state index in [-0.39, 0.29) is 5.54 Å². The second-order valence-electron chi connectivity index (χ2n) is 6.32. The van der Waals surface area contributed by atoms with E-state index in [9.17, 15) is 0 Å². The van der Waals surface area contributed by atoms with Crippen LogP contribution in [0.4, 0.5) is 0 Å². The molecule has 20 heavy (non-hydrogen) atoms. The second kappa shape index (κ2) is 5.80. The Kier molecular flexibility index (Phi) is 4.29. The molecule has 1 heterocycles. The van der Waals surface area contributed by atoms with Crippen LogP contribution in [0.15, 0.2) is 30.5 Å². The van der Waals surface area contributed by atoms with Crippen molar-refractivity contribution in [2.75, 3.05) is 0 Å². The van der Waals surface area contributed by atoms with Gasteiger partial charge in [-0.05, 0) is 51.8 Å². The van der Waals surface area contributed by atoms with Gasteiger partial charge in [0, 0.05) is 23.3 Å². The molecule has 3 nitrogen and oxygen atoms in total. The van der Waals surface area contributed by atoms with Crippen LogP contribution < -0.4 is 5.32 Å². The zero-order valence-electron chi connectivity index (χ0n) is 13.2. The summed E-state index contributed by atoms with van der Waals surface area (Å²) in [7, 11) is 0. The van der Waals surface area contributed by atoms with Crippen LogP contribution in [0.3, 0.4) is 0 Å².